The van der Waals surface area contributed by atoms with E-state index in [1.807, 2.05) is 36.4 Å². The van der Waals surface area contributed by atoms with Crippen LogP contribution in [0.25, 0.3) is 0 Å². The second-order valence-corrected chi connectivity index (χ2v) is 7.53. The van der Waals surface area contributed by atoms with Gasteiger partial charge in [0.05, 0.1) is 0 Å². The van der Waals surface area contributed by atoms with Crippen molar-refractivity contribution in [3.05, 3.63) is 101 Å². The molecule has 0 unspecified atom stereocenters. The molecule has 0 aliphatic rings. The van der Waals surface area contributed by atoms with Gasteiger partial charge in [0, 0.05) is 30.8 Å². The van der Waals surface area contributed by atoms with Crippen LogP contribution < -0.4 is 16.0 Å². The lowest BCUT2D eigenvalue weighted by Crippen LogP contribution is -2.27. The molecule has 3 amide bonds. The summed E-state index contributed by atoms with van der Waals surface area (Å²) in [7, 11) is 0. The summed E-state index contributed by atoms with van der Waals surface area (Å²) in [4.78, 5) is 36.1. The summed E-state index contributed by atoms with van der Waals surface area (Å²) in [6.45, 7) is 0.814. The molecule has 0 bridgehead atoms. The number of alkyl carbamates (subject to hydrolysis) is 1. The molecule has 0 aliphatic heterocycles. The largest absolute Gasteiger partial charge is 0.445 e. The van der Waals surface area contributed by atoms with Crippen molar-refractivity contribution >= 4 is 23.6 Å². The summed E-state index contributed by atoms with van der Waals surface area (Å²) in [6.07, 6.45) is 0.198. The summed E-state index contributed by atoms with van der Waals surface area (Å²) in [5, 5.41) is 8.19. The Balaban J connectivity index is 1.33. The average Bonchev–Trinajstić information content (AvgIpc) is 2.85. The zero-order chi connectivity index (χ0) is 24.2. The topological polar surface area (TPSA) is 96.5 Å². The SMILES string of the molecule is O=C(CCCNC(=O)OCc1ccccc1)NCc1cccc(NC(=O)c2ccc(F)cc2)c1. The predicted octanol–water partition coefficient (Wildman–Crippen LogP) is 4.40. The van der Waals surface area contributed by atoms with Gasteiger partial charge in [-0.15, -0.1) is 0 Å². The molecule has 176 valence electrons. The quantitative estimate of drug-likeness (QED) is 0.388. The Bertz CT molecular complexity index is 1100. The lowest BCUT2D eigenvalue weighted by Gasteiger charge is -2.09. The van der Waals surface area contributed by atoms with Crippen LogP contribution >= 0.6 is 0 Å². The van der Waals surface area contributed by atoms with Crippen molar-refractivity contribution in [2.24, 2.45) is 0 Å². The summed E-state index contributed by atoms with van der Waals surface area (Å²) in [5.74, 6) is -0.913. The first-order valence-corrected chi connectivity index (χ1v) is 10.9. The maximum Gasteiger partial charge on any atom is 0.407 e. The summed E-state index contributed by atoms with van der Waals surface area (Å²) >= 11 is 0. The van der Waals surface area contributed by atoms with Gasteiger partial charge >= 0.3 is 6.09 Å². The Morgan fingerprint density at radius 3 is 2.32 bits per heavy atom. The Morgan fingerprint density at radius 2 is 1.56 bits per heavy atom. The van der Waals surface area contributed by atoms with Gasteiger partial charge in [0.2, 0.25) is 5.91 Å². The monoisotopic (exact) mass is 463 g/mol. The normalized spacial score (nSPS) is 10.3. The van der Waals surface area contributed by atoms with Gasteiger partial charge in [-0.25, -0.2) is 9.18 Å². The van der Waals surface area contributed by atoms with Crippen molar-refractivity contribution in [3.63, 3.8) is 0 Å². The lowest BCUT2D eigenvalue weighted by atomic mass is 10.1. The van der Waals surface area contributed by atoms with E-state index in [1.54, 1.807) is 18.2 Å². The maximum atomic E-state index is 13.0. The maximum absolute atomic E-state index is 13.0. The van der Waals surface area contributed by atoms with Crippen LogP contribution in [0.5, 0.6) is 0 Å². The third-order valence-corrected chi connectivity index (χ3v) is 4.84. The molecule has 0 saturated carbocycles. The van der Waals surface area contributed by atoms with Crippen LogP contribution in [0, 0.1) is 5.82 Å². The first kappa shape index (κ1) is 24.4. The van der Waals surface area contributed by atoms with Gasteiger partial charge in [0.1, 0.15) is 12.4 Å². The number of ether oxygens (including phenoxy) is 1. The second-order valence-electron chi connectivity index (χ2n) is 7.53. The number of carbonyl (C=O) groups is 3. The molecule has 3 N–H and O–H groups in total. The minimum absolute atomic E-state index is 0.153. The number of anilines is 1. The van der Waals surface area contributed by atoms with Gasteiger partial charge in [0.25, 0.3) is 5.91 Å². The van der Waals surface area contributed by atoms with Crippen LogP contribution in [0.1, 0.15) is 34.3 Å². The standard InChI is InChI=1S/C26H26FN3O4/c27-22-13-11-21(12-14-22)25(32)30-23-9-4-8-20(16-23)17-29-24(31)10-5-15-28-26(33)34-18-19-6-2-1-3-7-19/h1-4,6-9,11-14,16H,5,10,15,17-18H2,(H,28,33)(H,29,31)(H,30,32). The molecular weight excluding hydrogens is 437 g/mol. The number of nitrogens with one attached hydrogen (secondary N) is 3. The van der Waals surface area contributed by atoms with Crippen LogP contribution in [0.2, 0.25) is 0 Å². The fraction of sp³-hybridized carbons (Fsp3) is 0.192. The van der Waals surface area contributed by atoms with Crippen molar-refractivity contribution < 1.29 is 23.5 Å². The van der Waals surface area contributed by atoms with Crippen LogP contribution in [-0.2, 0) is 22.7 Å². The highest BCUT2D eigenvalue weighted by Gasteiger charge is 2.08. The molecule has 0 atom stereocenters. The number of carbonyl (C=O) groups excluding carboxylic acids is 3. The molecule has 0 spiro atoms. The van der Waals surface area contributed by atoms with E-state index in [9.17, 15) is 18.8 Å². The number of halogens is 1. The summed E-state index contributed by atoms with van der Waals surface area (Å²) in [5.41, 5.74) is 2.63. The van der Waals surface area contributed by atoms with Gasteiger partial charge in [-0.1, -0.05) is 42.5 Å². The van der Waals surface area contributed by atoms with Crippen LogP contribution in [0.15, 0.2) is 78.9 Å². The van der Waals surface area contributed by atoms with Gasteiger partial charge in [-0.3, -0.25) is 9.59 Å². The minimum atomic E-state index is -0.524. The van der Waals surface area contributed by atoms with E-state index in [4.69, 9.17) is 4.74 Å². The first-order valence-electron chi connectivity index (χ1n) is 10.9. The molecule has 0 heterocycles. The minimum Gasteiger partial charge on any atom is -0.445 e. The van der Waals surface area contributed by atoms with Gasteiger partial charge in [0.15, 0.2) is 0 Å². The van der Waals surface area contributed by atoms with E-state index >= 15 is 0 Å². The third kappa shape index (κ3) is 8.38. The zero-order valence-electron chi connectivity index (χ0n) is 18.6. The van der Waals surface area contributed by atoms with Crippen molar-refractivity contribution in [2.45, 2.75) is 26.0 Å². The first-order chi connectivity index (χ1) is 16.5. The van der Waals surface area contributed by atoms with Crippen molar-refractivity contribution in [1.82, 2.24) is 10.6 Å². The molecule has 0 saturated heterocycles. The third-order valence-electron chi connectivity index (χ3n) is 4.84. The van der Waals surface area contributed by atoms with Gasteiger partial charge in [-0.2, -0.15) is 0 Å². The molecule has 0 radical (unpaired) electrons. The Hall–Kier alpha value is -4.20. The molecule has 0 aromatic heterocycles. The summed E-state index contributed by atoms with van der Waals surface area (Å²) in [6, 6.07) is 21.7. The van der Waals surface area contributed by atoms with E-state index in [0.29, 0.717) is 30.8 Å². The van der Waals surface area contributed by atoms with E-state index in [2.05, 4.69) is 16.0 Å². The summed E-state index contributed by atoms with van der Waals surface area (Å²) < 4.78 is 18.1. The average molecular weight is 464 g/mol. The highest BCUT2D eigenvalue weighted by molar-refractivity contribution is 6.04. The van der Waals surface area contributed by atoms with Crippen LogP contribution in [-0.4, -0.2) is 24.5 Å². The number of hydrogen-bond acceptors (Lipinski definition) is 4. The number of hydrogen-bond donors (Lipinski definition) is 3. The number of benzene rings is 3. The molecular formula is C26H26FN3O4. The molecule has 0 aliphatic carbocycles. The highest BCUT2D eigenvalue weighted by Crippen LogP contribution is 2.13. The van der Waals surface area contributed by atoms with E-state index in [0.717, 1.165) is 11.1 Å². The lowest BCUT2D eigenvalue weighted by molar-refractivity contribution is -0.121. The van der Waals surface area contributed by atoms with Crippen LogP contribution in [0.3, 0.4) is 0 Å². The molecule has 0 fully saturated rings. The molecule has 3 aromatic rings. The number of amides is 3. The molecule has 3 rings (SSSR count). The highest BCUT2D eigenvalue weighted by atomic mass is 19.1. The van der Waals surface area contributed by atoms with Crippen molar-refractivity contribution in [3.8, 4) is 0 Å². The zero-order valence-corrected chi connectivity index (χ0v) is 18.6. The smallest absolute Gasteiger partial charge is 0.407 e. The molecule has 8 heteroatoms. The Morgan fingerprint density at radius 1 is 0.824 bits per heavy atom. The fourth-order valence-electron chi connectivity index (χ4n) is 3.07. The van der Waals surface area contributed by atoms with E-state index < -0.39 is 11.9 Å². The van der Waals surface area contributed by atoms with E-state index in [1.165, 1.54) is 24.3 Å². The molecule has 3 aromatic carbocycles. The van der Waals surface area contributed by atoms with Crippen molar-refractivity contribution in [2.75, 3.05) is 11.9 Å². The van der Waals surface area contributed by atoms with Gasteiger partial charge in [-0.05, 0) is 53.9 Å². The Kier molecular flexibility index (Phi) is 9.16. The molecule has 34 heavy (non-hydrogen) atoms. The van der Waals surface area contributed by atoms with E-state index in [-0.39, 0.29) is 24.8 Å². The van der Waals surface area contributed by atoms with Crippen LogP contribution in [0.4, 0.5) is 14.9 Å². The second kappa shape index (κ2) is 12.7. The Labute approximate surface area is 197 Å². The van der Waals surface area contributed by atoms with Gasteiger partial charge < -0.3 is 20.7 Å². The predicted molar refractivity (Wildman–Crippen MR) is 127 cm³/mol. The van der Waals surface area contributed by atoms with Crippen molar-refractivity contribution in [1.29, 1.82) is 0 Å². The number of rotatable bonds is 10. The fourth-order valence-corrected chi connectivity index (χ4v) is 3.07. The molecule has 7 nitrogen and oxygen atoms in total.